The molecule has 0 saturated carbocycles. The number of amides is 2. The number of hydrogen-bond acceptors (Lipinski definition) is 3. The molecule has 5 nitrogen and oxygen atoms in total. The number of aliphatic hydroxyl groups is 1. The fraction of sp³-hybridized carbons (Fsp3) is 0.304. The van der Waals surface area contributed by atoms with Crippen LogP contribution < -0.4 is 5.32 Å². The lowest BCUT2D eigenvalue weighted by Crippen LogP contribution is -2.43. The molecule has 1 aromatic heterocycles. The molecule has 2 amide bonds. The van der Waals surface area contributed by atoms with Gasteiger partial charge in [0.1, 0.15) is 0 Å². The molecule has 0 bridgehead atoms. The summed E-state index contributed by atoms with van der Waals surface area (Å²) in [6.07, 6.45) is 3.70. The third kappa shape index (κ3) is 4.31. The molecular weight excluding hydrogens is 350 g/mol. The Kier molecular flexibility index (Phi) is 5.53. The number of piperidine rings is 1. The largest absolute Gasteiger partial charge is 0.392 e. The highest BCUT2D eigenvalue weighted by Gasteiger charge is 2.27. The summed E-state index contributed by atoms with van der Waals surface area (Å²) in [7, 11) is 0. The molecule has 0 spiro atoms. The molecular formula is C23H25N3O2. The van der Waals surface area contributed by atoms with Crippen LogP contribution in [-0.2, 0) is 6.42 Å². The van der Waals surface area contributed by atoms with Crippen molar-refractivity contribution >= 4 is 22.6 Å². The van der Waals surface area contributed by atoms with Gasteiger partial charge in [-0.1, -0.05) is 42.5 Å². The summed E-state index contributed by atoms with van der Waals surface area (Å²) in [5, 5.41) is 14.6. The predicted molar refractivity (Wildman–Crippen MR) is 111 cm³/mol. The summed E-state index contributed by atoms with van der Waals surface area (Å²) < 4.78 is 0. The van der Waals surface area contributed by atoms with Crippen molar-refractivity contribution in [3.05, 3.63) is 72.4 Å². The number of nitrogens with zero attached hydrogens (tertiary/aromatic N) is 2. The van der Waals surface area contributed by atoms with E-state index >= 15 is 0 Å². The zero-order valence-electron chi connectivity index (χ0n) is 15.8. The molecule has 1 aliphatic heterocycles. The number of carbonyl (C=O) groups excluding carboxylic acids is 1. The summed E-state index contributed by atoms with van der Waals surface area (Å²) in [5.74, 6) is 0.231. The summed E-state index contributed by atoms with van der Waals surface area (Å²) in [5.41, 5.74) is 2.77. The van der Waals surface area contributed by atoms with E-state index in [9.17, 15) is 9.90 Å². The zero-order chi connectivity index (χ0) is 19.3. The van der Waals surface area contributed by atoms with Gasteiger partial charge in [0, 0.05) is 30.4 Å². The molecule has 1 unspecified atom stereocenters. The van der Waals surface area contributed by atoms with E-state index in [-0.39, 0.29) is 18.1 Å². The third-order valence-corrected chi connectivity index (χ3v) is 5.52. The Bertz CT molecular complexity index is 937. The summed E-state index contributed by atoms with van der Waals surface area (Å²) in [6.45, 7) is 1.32. The van der Waals surface area contributed by atoms with Crippen LogP contribution in [0.15, 0.2) is 66.9 Å². The smallest absolute Gasteiger partial charge is 0.321 e. The number of hydrogen-bond donors (Lipinski definition) is 2. The van der Waals surface area contributed by atoms with Crippen molar-refractivity contribution in [3.63, 3.8) is 0 Å². The second-order valence-electron chi connectivity index (χ2n) is 7.42. The Labute approximate surface area is 165 Å². The first-order valence-electron chi connectivity index (χ1n) is 9.82. The maximum absolute atomic E-state index is 12.6. The molecule has 0 aliphatic carbocycles. The van der Waals surface area contributed by atoms with Crippen molar-refractivity contribution in [1.82, 2.24) is 9.88 Å². The van der Waals surface area contributed by atoms with E-state index in [1.165, 1.54) is 0 Å². The van der Waals surface area contributed by atoms with Crippen molar-refractivity contribution in [2.24, 2.45) is 5.92 Å². The van der Waals surface area contributed by atoms with Gasteiger partial charge in [-0.2, -0.15) is 0 Å². The van der Waals surface area contributed by atoms with Gasteiger partial charge in [0.15, 0.2) is 0 Å². The molecule has 1 atom stereocenters. The van der Waals surface area contributed by atoms with Crippen LogP contribution in [0.2, 0.25) is 0 Å². The number of pyridine rings is 1. The Balaban J connectivity index is 1.30. The standard InChI is InChI=1S/C23H25N3O2/c27-22(15-17-5-2-1-3-6-17)19-10-13-26(14-11-19)23(28)25-20-9-8-18-7-4-12-24-21(18)16-20/h1-9,12,16,19,22,27H,10-11,13-15H2,(H,25,28). The Morgan fingerprint density at radius 3 is 2.68 bits per heavy atom. The van der Waals surface area contributed by atoms with Gasteiger partial charge in [-0.05, 0) is 48.9 Å². The van der Waals surface area contributed by atoms with Crippen LogP contribution >= 0.6 is 0 Å². The van der Waals surface area contributed by atoms with Crippen molar-refractivity contribution in [2.75, 3.05) is 18.4 Å². The van der Waals surface area contributed by atoms with E-state index in [1.54, 1.807) is 6.20 Å². The molecule has 2 heterocycles. The number of aromatic nitrogens is 1. The van der Waals surface area contributed by atoms with Crippen LogP contribution in [0.3, 0.4) is 0 Å². The monoisotopic (exact) mass is 375 g/mol. The highest BCUT2D eigenvalue weighted by molar-refractivity contribution is 5.92. The fourth-order valence-corrected chi connectivity index (χ4v) is 3.86. The van der Waals surface area contributed by atoms with Gasteiger partial charge >= 0.3 is 6.03 Å². The molecule has 5 heteroatoms. The molecule has 1 saturated heterocycles. The van der Waals surface area contributed by atoms with Gasteiger partial charge in [0.25, 0.3) is 0 Å². The number of urea groups is 1. The van der Waals surface area contributed by atoms with Crippen LogP contribution in [-0.4, -0.2) is 40.2 Å². The van der Waals surface area contributed by atoms with E-state index in [0.29, 0.717) is 19.5 Å². The average Bonchev–Trinajstić information content (AvgIpc) is 2.74. The molecule has 144 valence electrons. The second-order valence-corrected chi connectivity index (χ2v) is 7.42. The lowest BCUT2D eigenvalue weighted by molar-refractivity contribution is 0.0689. The minimum Gasteiger partial charge on any atom is -0.392 e. The molecule has 2 aromatic carbocycles. The quantitative estimate of drug-likeness (QED) is 0.722. The minimum atomic E-state index is -0.362. The maximum Gasteiger partial charge on any atom is 0.321 e. The van der Waals surface area contributed by atoms with Crippen molar-refractivity contribution in [3.8, 4) is 0 Å². The Hall–Kier alpha value is -2.92. The number of aliphatic hydroxyl groups excluding tert-OH is 1. The van der Waals surface area contributed by atoms with Crippen LogP contribution in [0.4, 0.5) is 10.5 Å². The van der Waals surface area contributed by atoms with Crippen molar-refractivity contribution in [2.45, 2.75) is 25.4 Å². The van der Waals surface area contributed by atoms with E-state index in [0.717, 1.165) is 35.0 Å². The van der Waals surface area contributed by atoms with Gasteiger partial charge in [0.05, 0.1) is 11.6 Å². The summed E-state index contributed by atoms with van der Waals surface area (Å²) in [6, 6.07) is 19.6. The maximum atomic E-state index is 12.6. The molecule has 1 fully saturated rings. The number of anilines is 1. The molecule has 3 aromatic rings. The number of likely N-dealkylation sites (tertiary alicyclic amines) is 1. The van der Waals surface area contributed by atoms with E-state index in [2.05, 4.69) is 10.3 Å². The normalized spacial score (nSPS) is 16.1. The average molecular weight is 375 g/mol. The molecule has 28 heavy (non-hydrogen) atoms. The SMILES string of the molecule is O=C(Nc1ccc2cccnc2c1)N1CCC(C(O)Cc2ccccc2)CC1. The van der Waals surface area contributed by atoms with Gasteiger partial charge in [-0.3, -0.25) is 4.98 Å². The van der Waals surface area contributed by atoms with Gasteiger partial charge < -0.3 is 15.3 Å². The third-order valence-electron chi connectivity index (χ3n) is 5.52. The highest BCUT2D eigenvalue weighted by Crippen LogP contribution is 2.24. The molecule has 4 rings (SSSR count). The van der Waals surface area contributed by atoms with Crippen molar-refractivity contribution in [1.29, 1.82) is 0 Å². The second kappa shape index (κ2) is 8.40. The lowest BCUT2D eigenvalue weighted by Gasteiger charge is -2.34. The van der Waals surface area contributed by atoms with Gasteiger partial charge in [-0.15, -0.1) is 0 Å². The molecule has 1 aliphatic rings. The highest BCUT2D eigenvalue weighted by atomic mass is 16.3. The zero-order valence-corrected chi connectivity index (χ0v) is 15.8. The topological polar surface area (TPSA) is 65.5 Å². The van der Waals surface area contributed by atoms with Crippen molar-refractivity contribution < 1.29 is 9.90 Å². The molecule has 0 radical (unpaired) electrons. The number of fused-ring (bicyclic) bond motifs is 1. The Morgan fingerprint density at radius 2 is 1.89 bits per heavy atom. The first-order valence-corrected chi connectivity index (χ1v) is 9.82. The van der Waals surface area contributed by atoms with E-state index < -0.39 is 0 Å². The number of carbonyl (C=O) groups is 1. The summed E-state index contributed by atoms with van der Waals surface area (Å²) >= 11 is 0. The number of rotatable bonds is 4. The van der Waals surface area contributed by atoms with Crippen LogP contribution in [0.1, 0.15) is 18.4 Å². The molecule has 2 N–H and O–H groups in total. The Morgan fingerprint density at radius 1 is 1.11 bits per heavy atom. The summed E-state index contributed by atoms with van der Waals surface area (Å²) in [4.78, 5) is 18.8. The number of nitrogens with one attached hydrogen (secondary N) is 1. The van der Waals surface area contributed by atoms with Gasteiger partial charge in [0.2, 0.25) is 0 Å². The number of benzene rings is 2. The van der Waals surface area contributed by atoms with Crippen LogP contribution in [0.25, 0.3) is 10.9 Å². The first kappa shape index (κ1) is 18.4. The van der Waals surface area contributed by atoms with Crippen LogP contribution in [0, 0.1) is 5.92 Å². The van der Waals surface area contributed by atoms with E-state index in [1.807, 2.05) is 65.6 Å². The first-order chi connectivity index (χ1) is 13.7. The lowest BCUT2D eigenvalue weighted by atomic mass is 9.88. The predicted octanol–water partition coefficient (Wildman–Crippen LogP) is 4.08. The minimum absolute atomic E-state index is 0.0914. The van der Waals surface area contributed by atoms with Crippen LogP contribution in [0.5, 0.6) is 0 Å². The fourth-order valence-electron chi connectivity index (χ4n) is 3.86. The van der Waals surface area contributed by atoms with E-state index in [4.69, 9.17) is 0 Å². The van der Waals surface area contributed by atoms with Gasteiger partial charge in [-0.25, -0.2) is 4.79 Å².